The number of hydrogen-bond acceptors (Lipinski definition) is 5. The first-order valence-electron chi connectivity index (χ1n) is 4.52. The lowest BCUT2D eigenvalue weighted by Crippen LogP contribution is -2.23. The number of aromatic nitrogens is 3. The Morgan fingerprint density at radius 2 is 2.24 bits per heavy atom. The second kappa shape index (κ2) is 5.39. The van der Waals surface area contributed by atoms with Crippen molar-refractivity contribution < 1.29 is 4.79 Å². The summed E-state index contributed by atoms with van der Waals surface area (Å²) in [5, 5.41) is 12.5. The van der Waals surface area contributed by atoms with E-state index in [1.54, 1.807) is 6.20 Å². The van der Waals surface area contributed by atoms with Crippen LogP contribution in [0.15, 0.2) is 17.6 Å². The normalized spacial score (nSPS) is 10.2. The fourth-order valence-corrected chi connectivity index (χ4v) is 1.98. The molecule has 0 radical (unpaired) electrons. The topological polar surface area (TPSA) is 67.8 Å². The Kier molecular flexibility index (Phi) is 3.88. The summed E-state index contributed by atoms with van der Waals surface area (Å²) in [6.45, 7) is 0.340. The summed E-state index contributed by atoms with van der Waals surface area (Å²) in [4.78, 5) is 15.8. The van der Waals surface area contributed by atoms with E-state index in [1.165, 1.54) is 17.4 Å². The summed E-state index contributed by atoms with van der Waals surface area (Å²) in [5.41, 5.74) is 0.197. The highest BCUT2D eigenvalue weighted by Crippen LogP contribution is 2.15. The average Bonchev–Trinajstić information content (AvgIpc) is 2.82. The van der Waals surface area contributed by atoms with Crippen molar-refractivity contribution in [3.63, 3.8) is 0 Å². The van der Waals surface area contributed by atoms with Crippen LogP contribution in [-0.4, -0.2) is 21.1 Å². The molecule has 1 amide bonds. The summed E-state index contributed by atoms with van der Waals surface area (Å²) in [5.74, 6) is -0.359. The van der Waals surface area contributed by atoms with Crippen LogP contribution < -0.4 is 5.32 Å². The summed E-state index contributed by atoms with van der Waals surface area (Å²) in [6, 6.07) is 1.37. The molecule has 88 valence electrons. The standard InChI is InChI=1S/C9H6Cl2N4OS/c10-6-3-5(8(11)15-14-6)9(16)13-4-7-12-1-2-17-7/h1-3H,4H2,(H,13,16). The molecule has 0 atom stereocenters. The molecular formula is C9H6Cl2N4OS. The molecule has 2 aromatic heterocycles. The summed E-state index contributed by atoms with van der Waals surface area (Å²) in [7, 11) is 0. The molecule has 8 heteroatoms. The lowest BCUT2D eigenvalue weighted by molar-refractivity contribution is 0.0950. The fraction of sp³-hybridized carbons (Fsp3) is 0.111. The van der Waals surface area contributed by atoms with Gasteiger partial charge in [0.1, 0.15) is 5.01 Å². The van der Waals surface area contributed by atoms with Gasteiger partial charge in [0, 0.05) is 11.6 Å². The monoisotopic (exact) mass is 288 g/mol. The van der Waals surface area contributed by atoms with E-state index in [1.807, 2.05) is 5.38 Å². The molecule has 2 aromatic rings. The van der Waals surface area contributed by atoms with Gasteiger partial charge in [-0.15, -0.1) is 21.5 Å². The molecule has 0 saturated carbocycles. The van der Waals surface area contributed by atoms with Gasteiger partial charge < -0.3 is 5.32 Å². The Morgan fingerprint density at radius 1 is 1.41 bits per heavy atom. The van der Waals surface area contributed by atoms with E-state index in [9.17, 15) is 4.79 Å². The van der Waals surface area contributed by atoms with Crippen LogP contribution >= 0.6 is 34.5 Å². The highest BCUT2D eigenvalue weighted by atomic mass is 35.5. The van der Waals surface area contributed by atoms with Crippen LogP contribution in [-0.2, 0) is 6.54 Å². The van der Waals surface area contributed by atoms with Crippen LogP contribution in [0.2, 0.25) is 10.3 Å². The van der Waals surface area contributed by atoms with Crippen molar-refractivity contribution in [2.45, 2.75) is 6.54 Å². The van der Waals surface area contributed by atoms with Crippen LogP contribution in [0.25, 0.3) is 0 Å². The third-order valence-electron chi connectivity index (χ3n) is 1.85. The molecule has 0 unspecified atom stereocenters. The zero-order valence-corrected chi connectivity index (χ0v) is 10.7. The number of nitrogens with zero attached hydrogens (tertiary/aromatic N) is 3. The minimum absolute atomic E-state index is 0.0195. The largest absolute Gasteiger partial charge is 0.345 e. The number of carbonyl (C=O) groups excluding carboxylic acids is 1. The van der Waals surface area contributed by atoms with Gasteiger partial charge in [0.05, 0.1) is 12.1 Å². The predicted octanol–water partition coefficient (Wildman–Crippen LogP) is 2.17. The SMILES string of the molecule is O=C(NCc1nccs1)c1cc(Cl)nnc1Cl. The second-order valence-corrected chi connectivity index (χ2v) is 4.70. The van der Waals surface area contributed by atoms with Crippen LogP contribution in [0.3, 0.4) is 0 Å². The molecule has 0 aromatic carbocycles. The van der Waals surface area contributed by atoms with Crippen LogP contribution in [0.1, 0.15) is 15.4 Å². The molecule has 5 nitrogen and oxygen atoms in total. The van der Waals surface area contributed by atoms with Gasteiger partial charge in [0.15, 0.2) is 10.3 Å². The number of carbonyl (C=O) groups is 1. The van der Waals surface area contributed by atoms with E-state index in [0.717, 1.165) is 5.01 Å². The maximum Gasteiger partial charge on any atom is 0.254 e. The van der Waals surface area contributed by atoms with Crippen molar-refractivity contribution in [1.29, 1.82) is 0 Å². The molecule has 0 saturated heterocycles. The van der Waals surface area contributed by atoms with E-state index in [2.05, 4.69) is 20.5 Å². The number of hydrogen-bond donors (Lipinski definition) is 1. The highest BCUT2D eigenvalue weighted by Gasteiger charge is 2.13. The Morgan fingerprint density at radius 3 is 2.94 bits per heavy atom. The van der Waals surface area contributed by atoms with E-state index in [4.69, 9.17) is 23.2 Å². The van der Waals surface area contributed by atoms with Gasteiger partial charge in [-0.1, -0.05) is 23.2 Å². The van der Waals surface area contributed by atoms with Gasteiger partial charge in [-0.05, 0) is 6.07 Å². The third-order valence-corrected chi connectivity index (χ3v) is 3.09. The number of nitrogens with one attached hydrogen (secondary N) is 1. The summed E-state index contributed by atoms with van der Waals surface area (Å²) in [6.07, 6.45) is 1.67. The van der Waals surface area contributed by atoms with Gasteiger partial charge in [-0.25, -0.2) is 4.98 Å². The fourth-order valence-electron chi connectivity index (χ4n) is 1.10. The molecular weight excluding hydrogens is 283 g/mol. The second-order valence-electron chi connectivity index (χ2n) is 2.98. The summed E-state index contributed by atoms with van der Waals surface area (Å²) >= 11 is 12.8. The van der Waals surface area contributed by atoms with Gasteiger partial charge in [0.2, 0.25) is 0 Å². The molecule has 0 fully saturated rings. The van der Waals surface area contributed by atoms with Crippen LogP contribution in [0.4, 0.5) is 0 Å². The molecule has 0 bridgehead atoms. The zero-order chi connectivity index (χ0) is 12.3. The van der Waals surface area contributed by atoms with E-state index < -0.39 is 0 Å². The highest BCUT2D eigenvalue weighted by molar-refractivity contribution is 7.09. The van der Waals surface area contributed by atoms with Crippen LogP contribution in [0, 0.1) is 0 Å². The molecule has 17 heavy (non-hydrogen) atoms. The Bertz CT molecular complexity index is 532. The molecule has 2 heterocycles. The predicted molar refractivity (Wildman–Crippen MR) is 65.3 cm³/mol. The van der Waals surface area contributed by atoms with Crippen molar-refractivity contribution in [2.75, 3.05) is 0 Å². The first-order chi connectivity index (χ1) is 8.16. The molecule has 2 rings (SSSR count). The van der Waals surface area contributed by atoms with Crippen molar-refractivity contribution in [1.82, 2.24) is 20.5 Å². The van der Waals surface area contributed by atoms with E-state index >= 15 is 0 Å². The van der Waals surface area contributed by atoms with Gasteiger partial charge in [-0.2, -0.15) is 0 Å². The Balaban J connectivity index is 2.07. The van der Waals surface area contributed by atoms with E-state index in [0.29, 0.717) is 6.54 Å². The lowest BCUT2D eigenvalue weighted by atomic mass is 10.3. The minimum atomic E-state index is -0.359. The van der Waals surface area contributed by atoms with Gasteiger partial charge >= 0.3 is 0 Å². The summed E-state index contributed by atoms with van der Waals surface area (Å²) < 4.78 is 0. The minimum Gasteiger partial charge on any atom is -0.345 e. The lowest BCUT2D eigenvalue weighted by Gasteiger charge is -2.04. The Hall–Kier alpha value is -1.24. The van der Waals surface area contributed by atoms with Gasteiger partial charge in [-0.3, -0.25) is 4.79 Å². The van der Waals surface area contributed by atoms with E-state index in [-0.39, 0.29) is 21.8 Å². The van der Waals surface area contributed by atoms with Crippen molar-refractivity contribution >= 4 is 40.4 Å². The first-order valence-corrected chi connectivity index (χ1v) is 6.15. The maximum atomic E-state index is 11.8. The number of thiazole rings is 1. The third kappa shape index (κ3) is 3.12. The van der Waals surface area contributed by atoms with Crippen molar-refractivity contribution in [3.05, 3.63) is 38.5 Å². The quantitative estimate of drug-likeness (QED) is 0.940. The molecule has 0 aliphatic rings. The first kappa shape index (κ1) is 12.2. The van der Waals surface area contributed by atoms with Gasteiger partial charge in [0.25, 0.3) is 5.91 Å². The smallest absolute Gasteiger partial charge is 0.254 e. The molecule has 0 aliphatic heterocycles. The average molecular weight is 289 g/mol. The van der Waals surface area contributed by atoms with Crippen LogP contribution in [0.5, 0.6) is 0 Å². The number of rotatable bonds is 3. The zero-order valence-electron chi connectivity index (χ0n) is 8.35. The number of halogens is 2. The number of amides is 1. The van der Waals surface area contributed by atoms with Crippen molar-refractivity contribution in [3.8, 4) is 0 Å². The maximum absolute atomic E-state index is 11.8. The Labute approximate surface area is 111 Å². The van der Waals surface area contributed by atoms with Crippen molar-refractivity contribution in [2.24, 2.45) is 0 Å². The molecule has 1 N–H and O–H groups in total. The molecule has 0 spiro atoms. The molecule has 0 aliphatic carbocycles.